The van der Waals surface area contributed by atoms with Gasteiger partial charge in [-0.3, -0.25) is 0 Å². The first-order valence-corrected chi connectivity index (χ1v) is 7.30. The number of nitrogens with zero attached hydrogens (tertiary/aromatic N) is 2. The summed E-state index contributed by atoms with van der Waals surface area (Å²) in [6.45, 7) is 8.20. The molecule has 0 unspecified atom stereocenters. The maximum Gasteiger partial charge on any atom is 0.185 e. The maximum atomic E-state index is 5.06. The number of thiazole rings is 1. The summed E-state index contributed by atoms with van der Waals surface area (Å²) in [6.07, 6.45) is 3.01. The second kappa shape index (κ2) is 8.45. The molecule has 0 amide bonds. The van der Waals surface area contributed by atoms with Gasteiger partial charge in [-0.15, -0.1) is 11.3 Å². The number of hydrogen-bond acceptors (Lipinski definition) is 5. The number of nitrogens with one attached hydrogen (secondary N) is 1. The molecule has 4 nitrogen and oxygen atoms in total. The van der Waals surface area contributed by atoms with Gasteiger partial charge in [-0.1, -0.05) is 13.8 Å². The number of methoxy groups -OCH3 is 1. The minimum atomic E-state index is 0.689. The molecular weight excluding hydrogens is 246 g/mol. The lowest BCUT2D eigenvalue weighted by molar-refractivity contribution is 0.196. The maximum absolute atomic E-state index is 5.06. The summed E-state index contributed by atoms with van der Waals surface area (Å²) in [4.78, 5) is 7.94. The Morgan fingerprint density at radius 3 is 2.94 bits per heavy atom. The smallest absolute Gasteiger partial charge is 0.185 e. The van der Waals surface area contributed by atoms with Crippen LogP contribution < -0.4 is 10.2 Å². The quantitative estimate of drug-likeness (QED) is 0.700. The van der Waals surface area contributed by atoms with Gasteiger partial charge in [0.25, 0.3) is 0 Å². The fourth-order valence-electron chi connectivity index (χ4n) is 1.58. The van der Waals surface area contributed by atoms with Crippen LogP contribution in [-0.4, -0.2) is 38.8 Å². The van der Waals surface area contributed by atoms with E-state index in [1.807, 2.05) is 6.20 Å². The summed E-state index contributed by atoms with van der Waals surface area (Å²) in [5.74, 6) is 0.689. The van der Waals surface area contributed by atoms with Gasteiger partial charge < -0.3 is 15.0 Å². The first-order valence-electron chi connectivity index (χ1n) is 6.49. The number of ether oxygens (including phenoxy) is 1. The lowest BCUT2D eigenvalue weighted by Crippen LogP contribution is -2.19. The molecule has 0 spiro atoms. The highest BCUT2D eigenvalue weighted by atomic mass is 32.1. The molecule has 0 fully saturated rings. The van der Waals surface area contributed by atoms with Crippen molar-refractivity contribution in [1.82, 2.24) is 10.3 Å². The van der Waals surface area contributed by atoms with Gasteiger partial charge in [-0.25, -0.2) is 4.98 Å². The van der Waals surface area contributed by atoms with Gasteiger partial charge in [0.05, 0.1) is 0 Å². The topological polar surface area (TPSA) is 37.4 Å². The van der Waals surface area contributed by atoms with Crippen LogP contribution in [0.4, 0.5) is 5.13 Å². The van der Waals surface area contributed by atoms with Crippen molar-refractivity contribution in [3.05, 3.63) is 11.1 Å². The molecule has 0 aliphatic rings. The molecule has 1 aromatic heterocycles. The molecular formula is C13H25N3OS. The molecule has 0 radical (unpaired) electrons. The summed E-state index contributed by atoms with van der Waals surface area (Å²) < 4.78 is 5.06. The average molecular weight is 271 g/mol. The third-order valence-corrected chi connectivity index (χ3v) is 3.67. The molecule has 0 aromatic carbocycles. The molecule has 5 heteroatoms. The third kappa shape index (κ3) is 5.80. The Hall–Kier alpha value is -0.650. The Morgan fingerprint density at radius 1 is 1.50 bits per heavy atom. The molecule has 1 N–H and O–H groups in total. The van der Waals surface area contributed by atoms with E-state index in [9.17, 15) is 0 Å². The SMILES string of the molecule is COCCCN(C)c1ncc(CNCC(C)C)s1. The highest BCUT2D eigenvalue weighted by Crippen LogP contribution is 2.21. The highest BCUT2D eigenvalue weighted by molar-refractivity contribution is 7.15. The number of aromatic nitrogens is 1. The lowest BCUT2D eigenvalue weighted by Gasteiger charge is -2.14. The molecule has 0 aliphatic carbocycles. The molecule has 0 bridgehead atoms. The van der Waals surface area contributed by atoms with Gasteiger partial charge in [0.2, 0.25) is 0 Å². The molecule has 1 rings (SSSR count). The van der Waals surface area contributed by atoms with Crippen molar-refractivity contribution in [2.45, 2.75) is 26.8 Å². The van der Waals surface area contributed by atoms with Crippen molar-refractivity contribution in [3.8, 4) is 0 Å². The van der Waals surface area contributed by atoms with Crippen LogP contribution in [-0.2, 0) is 11.3 Å². The van der Waals surface area contributed by atoms with Gasteiger partial charge in [0.1, 0.15) is 0 Å². The molecule has 0 aliphatic heterocycles. The van der Waals surface area contributed by atoms with E-state index in [1.54, 1.807) is 18.4 Å². The van der Waals surface area contributed by atoms with Crippen LogP contribution in [0.5, 0.6) is 0 Å². The van der Waals surface area contributed by atoms with Crippen molar-refractivity contribution < 1.29 is 4.74 Å². The highest BCUT2D eigenvalue weighted by Gasteiger charge is 2.06. The van der Waals surface area contributed by atoms with Crippen molar-refractivity contribution in [3.63, 3.8) is 0 Å². The van der Waals surface area contributed by atoms with Crippen LogP contribution in [0, 0.1) is 5.92 Å². The Kier molecular flexibility index (Phi) is 7.23. The fourth-order valence-corrected chi connectivity index (χ4v) is 2.45. The Labute approximate surface area is 114 Å². The number of hydrogen-bond donors (Lipinski definition) is 1. The van der Waals surface area contributed by atoms with Crippen molar-refractivity contribution in [1.29, 1.82) is 0 Å². The normalized spacial score (nSPS) is 11.2. The van der Waals surface area contributed by atoms with Gasteiger partial charge in [-0.2, -0.15) is 0 Å². The van der Waals surface area contributed by atoms with E-state index in [0.29, 0.717) is 5.92 Å². The first-order chi connectivity index (χ1) is 8.63. The molecule has 0 saturated carbocycles. The zero-order valence-corrected chi connectivity index (χ0v) is 12.7. The molecule has 1 aromatic rings. The zero-order chi connectivity index (χ0) is 13.4. The minimum absolute atomic E-state index is 0.689. The Balaban J connectivity index is 2.32. The van der Waals surface area contributed by atoms with E-state index >= 15 is 0 Å². The van der Waals surface area contributed by atoms with Crippen LogP contribution in [0.25, 0.3) is 0 Å². The molecule has 0 atom stereocenters. The molecule has 1 heterocycles. The molecule has 104 valence electrons. The number of rotatable bonds is 9. The van der Waals surface area contributed by atoms with Crippen molar-refractivity contribution >= 4 is 16.5 Å². The summed E-state index contributed by atoms with van der Waals surface area (Å²) in [5.41, 5.74) is 0. The summed E-state index contributed by atoms with van der Waals surface area (Å²) in [6, 6.07) is 0. The standard InChI is InChI=1S/C13H25N3OS/c1-11(2)8-14-9-12-10-15-13(18-12)16(3)6-5-7-17-4/h10-11,14H,5-9H2,1-4H3. The third-order valence-electron chi connectivity index (χ3n) is 2.56. The van der Waals surface area contributed by atoms with Gasteiger partial charge >= 0.3 is 0 Å². The van der Waals surface area contributed by atoms with Crippen LogP contribution in [0.3, 0.4) is 0 Å². The predicted molar refractivity (Wildman–Crippen MR) is 78.4 cm³/mol. The summed E-state index contributed by atoms with van der Waals surface area (Å²) in [7, 11) is 3.82. The monoisotopic (exact) mass is 271 g/mol. The Morgan fingerprint density at radius 2 is 2.28 bits per heavy atom. The van der Waals surface area contributed by atoms with E-state index in [2.05, 4.69) is 36.1 Å². The van der Waals surface area contributed by atoms with Crippen molar-refractivity contribution in [2.75, 3.05) is 38.8 Å². The van der Waals surface area contributed by atoms with Crippen molar-refractivity contribution in [2.24, 2.45) is 5.92 Å². The second-order valence-electron chi connectivity index (χ2n) is 4.90. The lowest BCUT2D eigenvalue weighted by atomic mass is 10.2. The zero-order valence-electron chi connectivity index (χ0n) is 11.9. The van der Waals surface area contributed by atoms with Gasteiger partial charge in [-0.05, 0) is 18.9 Å². The van der Waals surface area contributed by atoms with Gasteiger partial charge in [0, 0.05) is 44.9 Å². The average Bonchev–Trinajstić information content (AvgIpc) is 2.77. The summed E-state index contributed by atoms with van der Waals surface area (Å²) >= 11 is 1.76. The summed E-state index contributed by atoms with van der Waals surface area (Å²) in [5, 5.41) is 4.53. The fraction of sp³-hybridized carbons (Fsp3) is 0.769. The van der Waals surface area contributed by atoms with E-state index in [1.165, 1.54) is 4.88 Å². The second-order valence-corrected chi connectivity index (χ2v) is 6.00. The minimum Gasteiger partial charge on any atom is -0.385 e. The van der Waals surface area contributed by atoms with Crippen LogP contribution >= 0.6 is 11.3 Å². The van der Waals surface area contributed by atoms with Gasteiger partial charge in [0.15, 0.2) is 5.13 Å². The van der Waals surface area contributed by atoms with E-state index < -0.39 is 0 Å². The molecule has 18 heavy (non-hydrogen) atoms. The predicted octanol–water partition coefficient (Wildman–Crippen LogP) is 2.36. The Bertz CT molecular complexity index is 328. The van der Waals surface area contributed by atoms with E-state index in [-0.39, 0.29) is 0 Å². The largest absolute Gasteiger partial charge is 0.385 e. The molecule has 0 saturated heterocycles. The van der Waals surface area contributed by atoms with Crippen LogP contribution in [0.15, 0.2) is 6.20 Å². The van der Waals surface area contributed by atoms with E-state index in [4.69, 9.17) is 4.74 Å². The van der Waals surface area contributed by atoms with E-state index in [0.717, 1.165) is 37.8 Å². The van der Waals surface area contributed by atoms with Crippen LogP contribution in [0.1, 0.15) is 25.1 Å². The van der Waals surface area contributed by atoms with Crippen LogP contribution in [0.2, 0.25) is 0 Å². The first kappa shape index (κ1) is 15.4. The number of anilines is 1.